The van der Waals surface area contributed by atoms with Crippen molar-refractivity contribution in [3.8, 4) is 11.3 Å². The lowest BCUT2D eigenvalue weighted by molar-refractivity contribution is 0.122. The van der Waals surface area contributed by atoms with E-state index in [-0.39, 0.29) is 12.0 Å². The predicted molar refractivity (Wildman–Crippen MR) is 99.5 cm³/mol. The van der Waals surface area contributed by atoms with E-state index in [2.05, 4.69) is 19.8 Å². The molecule has 5 rings (SSSR count). The first kappa shape index (κ1) is 16.6. The van der Waals surface area contributed by atoms with Crippen molar-refractivity contribution in [2.24, 2.45) is 0 Å². The summed E-state index contributed by atoms with van der Waals surface area (Å²) in [5.74, 6) is 1.85. The molecule has 3 aliphatic rings. The molecule has 142 valence electrons. The van der Waals surface area contributed by atoms with Gasteiger partial charge in [-0.2, -0.15) is 4.98 Å². The van der Waals surface area contributed by atoms with E-state index in [0.717, 1.165) is 48.7 Å². The summed E-state index contributed by atoms with van der Waals surface area (Å²) >= 11 is 0. The van der Waals surface area contributed by atoms with Gasteiger partial charge in [-0.3, -0.25) is 0 Å². The van der Waals surface area contributed by atoms with E-state index in [0.29, 0.717) is 32.0 Å². The van der Waals surface area contributed by atoms with Crippen LogP contribution in [0.3, 0.4) is 0 Å². The van der Waals surface area contributed by atoms with E-state index in [9.17, 15) is 4.39 Å². The molecule has 1 saturated heterocycles. The van der Waals surface area contributed by atoms with E-state index in [4.69, 9.17) is 20.4 Å². The maximum absolute atomic E-state index is 13.4. The number of ether oxygens (including phenoxy) is 1. The maximum atomic E-state index is 13.4. The van der Waals surface area contributed by atoms with E-state index < -0.39 is 6.17 Å². The molecule has 0 bridgehead atoms. The summed E-state index contributed by atoms with van der Waals surface area (Å²) in [6.45, 7) is 3.68. The fraction of sp³-hybridized carbons (Fsp3) is 0.556. The third-order valence-corrected chi connectivity index (χ3v) is 5.58. The summed E-state index contributed by atoms with van der Waals surface area (Å²) in [7, 11) is 0. The second-order valence-corrected chi connectivity index (χ2v) is 7.27. The Bertz CT molecular complexity index is 834. The lowest BCUT2D eigenvalue weighted by Gasteiger charge is -2.38. The van der Waals surface area contributed by atoms with Crippen molar-refractivity contribution in [2.75, 3.05) is 48.4 Å². The summed E-state index contributed by atoms with van der Waals surface area (Å²) in [5, 5.41) is 0. The Morgan fingerprint density at radius 2 is 1.81 bits per heavy atom. The molecule has 0 amide bonds. The molecule has 0 unspecified atom stereocenters. The Hall–Kier alpha value is -2.55. The number of nitrogen functional groups attached to an aromatic ring is 1. The Kier molecular flexibility index (Phi) is 4.04. The van der Waals surface area contributed by atoms with Crippen LogP contribution < -0.4 is 15.5 Å². The molecule has 1 aliphatic carbocycles. The SMILES string of the molecule is Nc1ncc(-c2nc(N3CCOCC3)nc3c2CCN3C2CC(F)C2)cn1. The fourth-order valence-electron chi connectivity index (χ4n) is 4.00. The van der Waals surface area contributed by atoms with Gasteiger partial charge in [0.1, 0.15) is 12.0 Å². The molecule has 4 heterocycles. The predicted octanol–water partition coefficient (Wildman–Crippen LogP) is 1.22. The van der Waals surface area contributed by atoms with Gasteiger partial charge in [-0.05, 0) is 19.3 Å². The third-order valence-electron chi connectivity index (χ3n) is 5.58. The van der Waals surface area contributed by atoms with Gasteiger partial charge in [-0.1, -0.05) is 0 Å². The second kappa shape index (κ2) is 6.56. The zero-order valence-electron chi connectivity index (χ0n) is 15.0. The lowest BCUT2D eigenvalue weighted by atomic mass is 9.89. The number of aromatic nitrogens is 4. The van der Waals surface area contributed by atoms with Gasteiger partial charge in [0.15, 0.2) is 0 Å². The highest BCUT2D eigenvalue weighted by molar-refractivity contribution is 5.72. The van der Waals surface area contributed by atoms with Crippen LogP contribution in [-0.2, 0) is 11.2 Å². The summed E-state index contributed by atoms with van der Waals surface area (Å²) in [5.41, 5.74) is 8.41. The monoisotopic (exact) mass is 371 g/mol. The van der Waals surface area contributed by atoms with Crippen LogP contribution in [0.5, 0.6) is 0 Å². The minimum atomic E-state index is -0.690. The molecule has 9 heteroatoms. The largest absolute Gasteiger partial charge is 0.378 e. The Morgan fingerprint density at radius 3 is 2.52 bits per heavy atom. The number of morpholine rings is 1. The summed E-state index contributed by atoms with van der Waals surface area (Å²) in [6.07, 6.45) is 4.72. The molecule has 1 saturated carbocycles. The average Bonchev–Trinajstić information content (AvgIpc) is 3.10. The Balaban J connectivity index is 1.58. The highest BCUT2D eigenvalue weighted by Gasteiger charge is 2.39. The molecule has 2 aromatic rings. The van der Waals surface area contributed by atoms with Crippen LogP contribution >= 0.6 is 0 Å². The van der Waals surface area contributed by atoms with Gasteiger partial charge in [0.2, 0.25) is 11.9 Å². The van der Waals surface area contributed by atoms with Crippen molar-refractivity contribution in [1.29, 1.82) is 0 Å². The van der Waals surface area contributed by atoms with Crippen LogP contribution in [-0.4, -0.2) is 65.0 Å². The van der Waals surface area contributed by atoms with Crippen molar-refractivity contribution in [1.82, 2.24) is 19.9 Å². The van der Waals surface area contributed by atoms with Crippen molar-refractivity contribution < 1.29 is 9.13 Å². The first-order chi connectivity index (χ1) is 13.2. The molecule has 0 atom stereocenters. The molecule has 0 radical (unpaired) electrons. The minimum Gasteiger partial charge on any atom is -0.378 e. The highest BCUT2D eigenvalue weighted by atomic mass is 19.1. The first-order valence-corrected chi connectivity index (χ1v) is 9.41. The summed E-state index contributed by atoms with van der Waals surface area (Å²) < 4.78 is 18.9. The van der Waals surface area contributed by atoms with Crippen LogP contribution in [0.1, 0.15) is 18.4 Å². The quantitative estimate of drug-likeness (QED) is 0.861. The number of fused-ring (bicyclic) bond motifs is 1. The standard InChI is InChI=1S/C18H22FN7O/c19-12-7-13(8-12)26-2-1-14-15(11-9-21-17(20)22-10-11)23-18(24-16(14)26)25-3-5-27-6-4-25/h9-10,12-13H,1-8H2,(H2,20,21,22). The van der Waals surface area contributed by atoms with E-state index in [1.165, 1.54) is 0 Å². The number of nitrogens with zero attached hydrogens (tertiary/aromatic N) is 6. The second-order valence-electron chi connectivity index (χ2n) is 7.27. The van der Waals surface area contributed by atoms with Crippen LogP contribution in [0, 0.1) is 0 Å². The zero-order valence-corrected chi connectivity index (χ0v) is 15.0. The number of alkyl halides is 1. The normalized spacial score (nSPS) is 24.6. The molecule has 27 heavy (non-hydrogen) atoms. The highest BCUT2D eigenvalue weighted by Crippen LogP contribution is 2.40. The van der Waals surface area contributed by atoms with E-state index in [1.807, 2.05) is 0 Å². The van der Waals surface area contributed by atoms with E-state index in [1.54, 1.807) is 12.4 Å². The van der Waals surface area contributed by atoms with Crippen LogP contribution in [0.25, 0.3) is 11.3 Å². The van der Waals surface area contributed by atoms with Gasteiger partial charge < -0.3 is 20.3 Å². The average molecular weight is 371 g/mol. The van der Waals surface area contributed by atoms with Crippen LogP contribution in [0.4, 0.5) is 22.1 Å². The van der Waals surface area contributed by atoms with Gasteiger partial charge in [0.25, 0.3) is 0 Å². The molecule has 0 spiro atoms. The van der Waals surface area contributed by atoms with Gasteiger partial charge in [0.05, 0.1) is 18.9 Å². The fourth-order valence-corrected chi connectivity index (χ4v) is 4.00. The molecule has 2 fully saturated rings. The minimum absolute atomic E-state index is 0.226. The Morgan fingerprint density at radius 1 is 1.07 bits per heavy atom. The molecular formula is C18H22FN7O. The van der Waals surface area contributed by atoms with Crippen molar-refractivity contribution in [3.63, 3.8) is 0 Å². The maximum Gasteiger partial charge on any atom is 0.228 e. The van der Waals surface area contributed by atoms with E-state index >= 15 is 0 Å². The number of rotatable bonds is 3. The van der Waals surface area contributed by atoms with Gasteiger partial charge >= 0.3 is 0 Å². The van der Waals surface area contributed by atoms with Gasteiger partial charge in [-0.15, -0.1) is 0 Å². The third kappa shape index (κ3) is 2.95. The van der Waals surface area contributed by atoms with Crippen molar-refractivity contribution in [3.05, 3.63) is 18.0 Å². The number of halogens is 1. The van der Waals surface area contributed by atoms with Gasteiger partial charge in [-0.25, -0.2) is 19.3 Å². The van der Waals surface area contributed by atoms with Gasteiger partial charge in [0, 0.05) is 49.2 Å². The first-order valence-electron chi connectivity index (χ1n) is 9.41. The molecule has 2 aromatic heterocycles. The summed E-state index contributed by atoms with van der Waals surface area (Å²) in [4.78, 5) is 22.4. The van der Waals surface area contributed by atoms with Crippen LogP contribution in [0.15, 0.2) is 12.4 Å². The Labute approximate surface area is 156 Å². The van der Waals surface area contributed by atoms with Crippen LogP contribution in [0.2, 0.25) is 0 Å². The van der Waals surface area contributed by atoms with Crippen molar-refractivity contribution >= 4 is 17.7 Å². The van der Waals surface area contributed by atoms with Crippen molar-refractivity contribution in [2.45, 2.75) is 31.5 Å². The molecule has 2 N–H and O–H groups in total. The number of hydrogen-bond acceptors (Lipinski definition) is 8. The molecule has 0 aromatic carbocycles. The molecular weight excluding hydrogens is 349 g/mol. The zero-order chi connectivity index (χ0) is 18.4. The smallest absolute Gasteiger partial charge is 0.228 e. The summed E-state index contributed by atoms with van der Waals surface area (Å²) in [6, 6.07) is 0.226. The molecule has 2 aliphatic heterocycles. The molecule has 8 nitrogen and oxygen atoms in total. The lowest BCUT2D eigenvalue weighted by Crippen LogP contribution is -2.45. The topological polar surface area (TPSA) is 93.3 Å². The number of hydrogen-bond donors (Lipinski definition) is 1. The number of anilines is 3. The number of nitrogens with two attached hydrogens (primary N) is 1.